The maximum atomic E-state index is 14.7. The fraction of sp³-hybridized carbons (Fsp3) is 0.412. The molecule has 6 nitrogen and oxygen atoms in total. The molecule has 0 spiro atoms. The molecule has 3 aromatic rings. The van der Waals surface area contributed by atoms with Gasteiger partial charge >= 0.3 is 0 Å². The number of nitrogens with zero attached hydrogens (tertiary/aromatic N) is 3. The van der Waals surface area contributed by atoms with Crippen LogP contribution in [0, 0.1) is 29.1 Å². The van der Waals surface area contributed by atoms with Crippen LogP contribution in [0.1, 0.15) is 55.1 Å². The quantitative estimate of drug-likeness (QED) is 0.227. The van der Waals surface area contributed by atoms with E-state index in [1.807, 2.05) is 29.2 Å². The third-order valence-corrected chi connectivity index (χ3v) is 11.0. The molecule has 1 saturated heterocycles. The Morgan fingerprint density at radius 2 is 1.60 bits per heavy atom. The van der Waals surface area contributed by atoms with Gasteiger partial charge in [-0.15, -0.1) is 0 Å². The fourth-order valence-corrected chi connectivity index (χ4v) is 7.92. The van der Waals surface area contributed by atoms with Gasteiger partial charge in [0, 0.05) is 55.8 Å². The molecule has 2 aromatic heterocycles. The molecule has 4 unspecified atom stereocenters. The molecule has 4 atom stereocenters. The Kier molecular flexibility index (Phi) is 7.65. The second-order valence-corrected chi connectivity index (χ2v) is 13.7. The lowest BCUT2D eigenvalue weighted by molar-refractivity contribution is -0.142. The normalized spacial score (nSPS) is 26.5. The maximum absolute atomic E-state index is 14.7. The Balaban J connectivity index is 1.39. The molecule has 3 saturated carbocycles. The Labute approximate surface area is 257 Å². The minimum Gasteiger partial charge on any atom is -0.357 e. The molecule has 1 amide bonds. The Morgan fingerprint density at radius 3 is 2.14 bits per heavy atom. The summed E-state index contributed by atoms with van der Waals surface area (Å²) < 4.78 is 0. The molecule has 1 aliphatic heterocycles. The minimum absolute atomic E-state index is 0.0185. The molecule has 2 bridgehead atoms. The van der Waals surface area contributed by atoms with Gasteiger partial charge in [-0.05, 0) is 95.5 Å². The van der Waals surface area contributed by atoms with Gasteiger partial charge in [0.1, 0.15) is 11.4 Å². The van der Waals surface area contributed by atoms with E-state index in [0.29, 0.717) is 69.9 Å². The van der Waals surface area contributed by atoms with Gasteiger partial charge in [0.2, 0.25) is 0 Å². The summed E-state index contributed by atoms with van der Waals surface area (Å²) in [5.74, 6) is 2.43. The number of rotatable bonds is 8. The third-order valence-electron chi connectivity index (χ3n) is 10.2. The number of amides is 1. The Hall–Kier alpha value is -3.22. The van der Waals surface area contributed by atoms with Gasteiger partial charge in [-0.2, -0.15) is 0 Å². The first-order valence-electron chi connectivity index (χ1n) is 14.7. The van der Waals surface area contributed by atoms with Crippen LogP contribution in [-0.2, 0) is 17.6 Å². The zero-order valence-corrected chi connectivity index (χ0v) is 25.7. The van der Waals surface area contributed by atoms with E-state index in [0.717, 1.165) is 17.5 Å². The molecule has 4 aliphatic rings. The van der Waals surface area contributed by atoms with E-state index in [1.54, 1.807) is 49.1 Å². The number of hydrogen-bond donors (Lipinski definition) is 1. The summed E-state index contributed by atoms with van der Waals surface area (Å²) in [7, 11) is 0. The van der Waals surface area contributed by atoms with Crippen LogP contribution in [0.2, 0.25) is 10.0 Å². The van der Waals surface area contributed by atoms with Gasteiger partial charge in [0.15, 0.2) is 5.78 Å². The third kappa shape index (κ3) is 5.24. The van der Waals surface area contributed by atoms with Crippen LogP contribution in [0.5, 0.6) is 0 Å². The second kappa shape index (κ2) is 11.1. The van der Waals surface area contributed by atoms with Crippen molar-refractivity contribution in [2.75, 3.05) is 6.54 Å². The predicted octanol–water partition coefficient (Wildman–Crippen LogP) is 6.78. The maximum Gasteiger partial charge on any atom is 0.254 e. The largest absolute Gasteiger partial charge is 0.357 e. The van der Waals surface area contributed by atoms with Gasteiger partial charge in [-0.25, -0.2) is 0 Å². The number of halogens is 2. The number of benzene rings is 1. The highest BCUT2D eigenvalue weighted by Crippen LogP contribution is 2.63. The number of carbonyl (C=O) groups is 2. The zero-order chi connectivity index (χ0) is 29.6. The molecule has 3 heterocycles. The molecule has 8 heteroatoms. The summed E-state index contributed by atoms with van der Waals surface area (Å²) in [6, 6.07) is 12.6. The van der Waals surface area contributed by atoms with Crippen molar-refractivity contribution in [1.82, 2.24) is 20.2 Å². The van der Waals surface area contributed by atoms with E-state index in [1.165, 1.54) is 6.42 Å². The minimum atomic E-state index is -0.980. The average Bonchev–Trinajstić information content (AvgIpc) is 3.21. The van der Waals surface area contributed by atoms with Gasteiger partial charge in [0.05, 0.1) is 10.0 Å². The summed E-state index contributed by atoms with van der Waals surface area (Å²) in [6.45, 7) is 7.69. The van der Waals surface area contributed by atoms with Crippen molar-refractivity contribution in [2.24, 2.45) is 29.1 Å². The molecule has 4 fully saturated rings. The van der Waals surface area contributed by atoms with Crippen LogP contribution in [0.3, 0.4) is 0 Å². The summed E-state index contributed by atoms with van der Waals surface area (Å²) in [5.41, 5.74) is 1.77. The monoisotopic (exact) mass is 602 g/mol. The lowest BCUT2D eigenvalue weighted by Crippen LogP contribution is -2.57. The van der Waals surface area contributed by atoms with Crippen molar-refractivity contribution in [2.45, 2.75) is 52.0 Å². The topological polar surface area (TPSA) is 75.2 Å². The van der Waals surface area contributed by atoms with Crippen LogP contribution in [0.15, 0.2) is 79.1 Å². The molecule has 218 valence electrons. The second-order valence-electron chi connectivity index (χ2n) is 12.9. The van der Waals surface area contributed by atoms with Gasteiger partial charge in [-0.3, -0.25) is 24.5 Å². The predicted molar refractivity (Wildman–Crippen MR) is 165 cm³/mol. The number of ketones is 1. The molecular formula is C34H36Cl2N4O2. The first-order chi connectivity index (χ1) is 20.1. The molecular weight excluding hydrogens is 567 g/mol. The highest BCUT2D eigenvalue weighted by atomic mass is 35.5. The van der Waals surface area contributed by atoms with Gasteiger partial charge in [0.25, 0.3) is 5.91 Å². The zero-order valence-electron chi connectivity index (χ0n) is 24.2. The highest BCUT2D eigenvalue weighted by molar-refractivity contribution is 6.42. The Bertz CT molecular complexity index is 1480. The van der Waals surface area contributed by atoms with E-state index in [2.05, 4.69) is 36.1 Å². The van der Waals surface area contributed by atoms with Crippen LogP contribution < -0.4 is 5.32 Å². The number of hydrogen-bond acceptors (Lipinski definition) is 5. The summed E-state index contributed by atoms with van der Waals surface area (Å²) in [4.78, 5) is 38.5. The first-order valence-corrected chi connectivity index (χ1v) is 15.4. The van der Waals surface area contributed by atoms with Gasteiger partial charge in [-0.1, -0.05) is 44.0 Å². The van der Waals surface area contributed by atoms with Crippen LogP contribution in [0.25, 0.3) is 0 Å². The van der Waals surface area contributed by atoms with Crippen LogP contribution in [-0.4, -0.2) is 38.6 Å². The number of pyridine rings is 2. The molecule has 1 aromatic carbocycles. The molecule has 1 N–H and O–H groups in total. The van der Waals surface area contributed by atoms with E-state index in [-0.39, 0.29) is 11.7 Å². The van der Waals surface area contributed by atoms with Crippen molar-refractivity contribution in [3.05, 3.63) is 106 Å². The van der Waals surface area contributed by atoms with Gasteiger partial charge < -0.3 is 5.32 Å². The van der Waals surface area contributed by atoms with Crippen molar-refractivity contribution < 1.29 is 9.59 Å². The van der Waals surface area contributed by atoms with E-state index < -0.39 is 5.54 Å². The van der Waals surface area contributed by atoms with Crippen molar-refractivity contribution in [1.29, 1.82) is 0 Å². The van der Waals surface area contributed by atoms with Crippen LogP contribution in [0.4, 0.5) is 0 Å². The molecule has 0 radical (unpaired) electrons. The van der Waals surface area contributed by atoms with Crippen molar-refractivity contribution >= 4 is 34.9 Å². The SMILES string of the molecule is CC1C(CN2C(=O)C(Cc3ccncc3)(Cc3ccncc3)N/C2=C/C(=O)c2ccc(Cl)c(Cl)c2)CC2CC1C2(C)C. The Morgan fingerprint density at radius 1 is 0.976 bits per heavy atom. The standard InChI is InChI=1S/C34H36Cl2N4O2/c1-21-25(14-26-16-27(21)33(26,2)3)20-40-31(17-30(41)24-4-5-28(35)29(36)15-24)39-34(32(40)42,18-22-6-10-37-11-7-22)19-23-8-12-38-13-9-23/h4-13,15,17,21,25-27,39H,14,16,18-20H2,1-3H3/b31-17-. The summed E-state index contributed by atoms with van der Waals surface area (Å²) >= 11 is 12.4. The molecule has 7 rings (SSSR count). The number of fused-ring (bicyclic) bond motifs is 2. The molecule has 3 aliphatic carbocycles. The number of carbonyl (C=O) groups excluding carboxylic acids is 2. The average molecular weight is 604 g/mol. The van der Waals surface area contributed by atoms with Crippen LogP contribution >= 0.6 is 23.2 Å². The molecule has 42 heavy (non-hydrogen) atoms. The summed E-state index contributed by atoms with van der Waals surface area (Å²) in [6.07, 6.45) is 11.8. The number of nitrogens with one attached hydrogen (secondary N) is 1. The van der Waals surface area contributed by atoms with Crippen molar-refractivity contribution in [3.63, 3.8) is 0 Å². The van der Waals surface area contributed by atoms with E-state index in [4.69, 9.17) is 23.2 Å². The lowest BCUT2D eigenvalue weighted by Gasteiger charge is -2.62. The van der Waals surface area contributed by atoms with E-state index in [9.17, 15) is 9.59 Å². The highest BCUT2D eigenvalue weighted by Gasteiger charge is 2.57. The smallest absolute Gasteiger partial charge is 0.254 e. The van der Waals surface area contributed by atoms with E-state index >= 15 is 0 Å². The number of allylic oxidation sites excluding steroid dienone is 1. The number of aromatic nitrogens is 2. The summed E-state index contributed by atoms with van der Waals surface area (Å²) in [5, 5.41) is 4.29. The van der Waals surface area contributed by atoms with Crippen molar-refractivity contribution in [3.8, 4) is 0 Å². The lowest BCUT2D eigenvalue weighted by atomic mass is 9.43. The first kappa shape index (κ1) is 28.9. The fourth-order valence-electron chi connectivity index (χ4n) is 7.62.